The lowest BCUT2D eigenvalue weighted by atomic mass is 10.1. The largest absolute Gasteiger partial charge is 0.372 e. The second kappa shape index (κ2) is 11.6. The zero-order valence-corrected chi connectivity index (χ0v) is 14.8. The van der Waals surface area contributed by atoms with E-state index in [2.05, 4.69) is 22.8 Å². The van der Waals surface area contributed by atoms with E-state index in [0.29, 0.717) is 32.7 Å². The van der Waals surface area contributed by atoms with E-state index >= 15 is 0 Å². The summed E-state index contributed by atoms with van der Waals surface area (Å²) in [6, 6.07) is 18.3. The van der Waals surface area contributed by atoms with Gasteiger partial charge < -0.3 is 15.4 Å². The molecule has 2 aromatic carbocycles. The zero-order chi connectivity index (χ0) is 16.3. The van der Waals surface area contributed by atoms with E-state index in [0.717, 1.165) is 11.1 Å². The van der Waals surface area contributed by atoms with Crippen molar-refractivity contribution in [2.75, 3.05) is 13.6 Å². The van der Waals surface area contributed by atoms with Crippen LogP contribution < -0.4 is 10.6 Å². The van der Waals surface area contributed by atoms with E-state index in [-0.39, 0.29) is 18.3 Å². The fourth-order valence-corrected chi connectivity index (χ4v) is 2.14. The molecular weight excluding hydrogens is 324 g/mol. The van der Waals surface area contributed by atoms with Crippen LogP contribution in [0.2, 0.25) is 0 Å². The Hall–Kier alpha value is -1.88. The highest BCUT2D eigenvalue weighted by molar-refractivity contribution is 5.85. The lowest BCUT2D eigenvalue weighted by Gasteiger charge is -2.07. The molecule has 130 valence electrons. The molecule has 0 bridgehead atoms. The van der Waals surface area contributed by atoms with Gasteiger partial charge in [-0.2, -0.15) is 0 Å². The van der Waals surface area contributed by atoms with Crippen LogP contribution >= 0.6 is 12.4 Å². The molecule has 2 aromatic rings. The molecule has 1 amide bonds. The van der Waals surface area contributed by atoms with Crippen LogP contribution in [-0.4, -0.2) is 19.5 Å². The SMILES string of the molecule is CNCCC(=O)NCc1ccc(COCc2ccccc2)cc1.Cl. The van der Waals surface area contributed by atoms with Gasteiger partial charge in [0.2, 0.25) is 5.91 Å². The number of amides is 1. The molecule has 0 aliphatic rings. The Morgan fingerprint density at radius 2 is 1.50 bits per heavy atom. The van der Waals surface area contributed by atoms with E-state index in [1.165, 1.54) is 5.56 Å². The summed E-state index contributed by atoms with van der Waals surface area (Å²) in [5.74, 6) is 0.0645. The highest BCUT2D eigenvalue weighted by atomic mass is 35.5. The van der Waals surface area contributed by atoms with Gasteiger partial charge in [-0.1, -0.05) is 54.6 Å². The number of nitrogens with one attached hydrogen (secondary N) is 2. The summed E-state index contributed by atoms with van der Waals surface area (Å²) in [6.45, 7) is 2.46. The Bertz CT molecular complexity index is 588. The minimum Gasteiger partial charge on any atom is -0.372 e. The molecule has 5 heteroatoms. The molecule has 0 heterocycles. The number of rotatable bonds is 9. The van der Waals surface area contributed by atoms with Crippen molar-refractivity contribution < 1.29 is 9.53 Å². The lowest BCUT2D eigenvalue weighted by Crippen LogP contribution is -2.26. The molecule has 0 saturated heterocycles. The Kier molecular flexibility index (Phi) is 9.77. The van der Waals surface area contributed by atoms with Crippen molar-refractivity contribution in [1.82, 2.24) is 10.6 Å². The van der Waals surface area contributed by atoms with Crippen molar-refractivity contribution >= 4 is 18.3 Å². The first-order valence-electron chi connectivity index (χ1n) is 7.88. The predicted molar refractivity (Wildman–Crippen MR) is 99.0 cm³/mol. The number of hydrogen-bond donors (Lipinski definition) is 2. The molecule has 0 unspecified atom stereocenters. The topological polar surface area (TPSA) is 50.4 Å². The first-order chi connectivity index (χ1) is 11.3. The van der Waals surface area contributed by atoms with Gasteiger partial charge >= 0.3 is 0 Å². The van der Waals surface area contributed by atoms with Gasteiger partial charge in [0.25, 0.3) is 0 Å². The maximum absolute atomic E-state index is 11.5. The second-order valence-electron chi connectivity index (χ2n) is 5.43. The van der Waals surface area contributed by atoms with E-state index < -0.39 is 0 Å². The van der Waals surface area contributed by atoms with Crippen LogP contribution in [-0.2, 0) is 29.3 Å². The Balaban J connectivity index is 0.00000288. The minimum absolute atomic E-state index is 0. The fourth-order valence-electron chi connectivity index (χ4n) is 2.14. The Morgan fingerprint density at radius 1 is 0.917 bits per heavy atom. The van der Waals surface area contributed by atoms with Gasteiger partial charge in [0.05, 0.1) is 13.2 Å². The number of hydrogen-bond acceptors (Lipinski definition) is 3. The fraction of sp³-hybridized carbons (Fsp3) is 0.316. The average molecular weight is 349 g/mol. The summed E-state index contributed by atoms with van der Waals surface area (Å²) in [5.41, 5.74) is 3.40. The minimum atomic E-state index is 0. The number of benzene rings is 2. The maximum Gasteiger partial charge on any atom is 0.221 e. The normalized spacial score (nSPS) is 10.0. The van der Waals surface area contributed by atoms with Gasteiger partial charge in [0, 0.05) is 19.5 Å². The van der Waals surface area contributed by atoms with Crippen LogP contribution in [0.15, 0.2) is 54.6 Å². The molecule has 2 N–H and O–H groups in total. The van der Waals surface area contributed by atoms with E-state index in [9.17, 15) is 4.79 Å². The van der Waals surface area contributed by atoms with Gasteiger partial charge in [0.15, 0.2) is 0 Å². The van der Waals surface area contributed by atoms with Gasteiger partial charge in [-0.3, -0.25) is 4.79 Å². The summed E-state index contributed by atoms with van der Waals surface area (Å²) in [5, 5.41) is 5.87. The monoisotopic (exact) mass is 348 g/mol. The highest BCUT2D eigenvalue weighted by Crippen LogP contribution is 2.08. The number of carbonyl (C=O) groups is 1. The molecule has 0 aromatic heterocycles. The number of carbonyl (C=O) groups excluding carboxylic acids is 1. The van der Waals surface area contributed by atoms with E-state index in [4.69, 9.17) is 4.74 Å². The van der Waals surface area contributed by atoms with Gasteiger partial charge in [-0.15, -0.1) is 12.4 Å². The molecule has 2 rings (SSSR count). The van der Waals surface area contributed by atoms with Crippen molar-refractivity contribution in [3.63, 3.8) is 0 Å². The predicted octanol–water partition coefficient (Wildman–Crippen LogP) is 3.05. The van der Waals surface area contributed by atoms with Crippen LogP contribution in [0.3, 0.4) is 0 Å². The van der Waals surface area contributed by atoms with Crippen LogP contribution in [0.25, 0.3) is 0 Å². The van der Waals surface area contributed by atoms with Crippen molar-refractivity contribution in [3.8, 4) is 0 Å². The number of ether oxygens (including phenoxy) is 1. The lowest BCUT2D eigenvalue weighted by molar-refractivity contribution is -0.121. The molecule has 4 nitrogen and oxygen atoms in total. The van der Waals surface area contributed by atoms with Crippen molar-refractivity contribution in [2.45, 2.75) is 26.2 Å². The highest BCUT2D eigenvalue weighted by Gasteiger charge is 2.01. The average Bonchev–Trinajstić information content (AvgIpc) is 2.60. The maximum atomic E-state index is 11.5. The van der Waals surface area contributed by atoms with Gasteiger partial charge in [-0.25, -0.2) is 0 Å². The van der Waals surface area contributed by atoms with Crippen molar-refractivity contribution in [2.24, 2.45) is 0 Å². The molecule has 0 aliphatic heterocycles. The van der Waals surface area contributed by atoms with Crippen LogP contribution in [0.5, 0.6) is 0 Å². The third-order valence-corrected chi connectivity index (χ3v) is 3.49. The van der Waals surface area contributed by atoms with E-state index in [1.807, 2.05) is 49.5 Å². The first kappa shape index (κ1) is 20.2. The third-order valence-electron chi connectivity index (χ3n) is 3.49. The Morgan fingerprint density at radius 3 is 2.12 bits per heavy atom. The second-order valence-corrected chi connectivity index (χ2v) is 5.43. The van der Waals surface area contributed by atoms with Crippen LogP contribution in [0.1, 0.15) is 23.1 Å². The van der Waals surface area contributed by atoms with Gasteiger partial charge in [0.1, 0.15) is 0 Å². The molecule has 0 spiro atoms. The number of halogens is 1. The summed E-state index contributed by atoms with van der Waals surface area (Å²) >= 11 is 0. The van der Waals surface area contributed by atoms with Crippen molar-refractivity contribution in [3.05, 3.63) is 71.3 Å². The molecule has 0 radical (unpaired) electrons. The van der Waals surface area contributed by atoms with Crippen LogP contribution in [0.4, 0.5) is 0 Å². The standard InChI is InChI=1S/C19H24N2O2.ClH/c1-20-12-11-19(22)21-13-16-7-9-18(10-8-16)15-23-14-17-5-3-2-4-6-17;/h2-10,20H,11-15H2,1H3,(H,21,22);1H. The van der Waals surface area contributed by atoms with Gasteiger partial charge in [-0.05, 0) is 23.7 Å². The smallest absolute Gasteiger partial charge is 0.221 e. The Labute approximate surface area is 150 Å². The zero-order valence-electron chi connectivity index (χ0n) is 14.0. The third kappa shape index (κ3) is 7.59. The van der Waals surface area contributed by atoms with E-state index in [1.54, 1.807) is 0 Å². The first-order valence-corrected chi connectivity index (χ1v) is 7.88. The van der Waals surface area contributed by atoms with Crippen molar-refractivity contribution in [1.29, 1.82) is 0 Å². The van der Waals surface area contributed by atoms with Crippen LogP contribution in [0, 0.1) is 0 Å². The molecular formula is C19H25ClN2O2. The summed E-state index contributed by atoms with van der Waals surface area (Å²) in [4.78, 5) is 11.5. The molecule has 0 aliphatic carbocycles. The molecule has 0 saturated carbocycles. The summed E-state index contributed by atoms with van der Waals surface area (Å²) in [6.07, 6.45) is 0.502. The molecule has 0 atom stereocenters. The quantitative estimate of drug-likeness (QED) is 0.732. The molecule has 24 heavy (non-hydrogen) atoms. The molecule has 0 fully saturated rings. The summed E-state index contributed by atoms with van der Waals surface area (Å²) < 4.78 is 5.71. The summed E-state index contributed by atoms with van der Waals surface area (Å²) in [7, 11) is 1.84.